The number of aliphatic hydroxyl groups excluding tert-OH is 1. The van der Waals surface area contributed by atoms with E-state index in [4.69, 9.17) is 0 Å². The van der Waals surface area contributed by atoms with Gasteiger partial charge in [-0.3, -0.25) is 15.0 Å². The zero-order chi connectivity index (χ0) is 13.0. The molecule has 0 atom stereocenters. The van der Waals surface area contributed by atoms with E-state index >= 15 is 0 Å². The van der Waals surface area contributed by atoms with Gasteiger partial charge in [-0.15, -0.1) is 0 Å². The summed E-state index contributed by atoms with van der Waals surface area (Å²) in [5, 5.41) is 11.8. The van der Waals surface area contributed by atoms with E-state index in [0.717, 1.165) is 19.4 Å². The number of nitrogens with zero attached hydrogens (tertiary/aromatic N) is 3. The number of rotatable bonds is 5. The molecule has 0 spiro atoms. The summed E-state index contributed by atoms with van der Waals surface area (Å²) in [6.45, 7) is 1.14. The highest BCUT2D eigenvalue weighted by molar-refractivity contribution is 5.90. The van der Waals surface area contributed by atoms with Crippen molar-refractivity contribution in [3.05, 3.63) is 18.5 Å². The second kappa shape index (κ2) is 5.88. The van der Waals surface area contributed by atoms with Crippen molar-refractivity contribution in [1.82, 2.24) is 14.9 Å². The molecule has 1 heterocycles. The molecule has 0 unspecified atom stereocenters. The third-order valence-electron chi connectivity index (χ3n) is 3.01. The summed E-state index contributed by atoms with van der Waals surface area (Å²) in [5.74, 6) is 0.712. The van der Waals surface area contributed by atoms with E-state index in [9.17, 15) is 9.90 Å². The summed E-state index contributed by atoms with van der Waals surface area (Å²) in [7, 11) is 1.90. The lowest BCUT2D eigenvalue weighted by Crippen LogP contribution is -2.40. The lowest BCUT2D eigenvalue weighted by atomic mass is 9.82. The molecule has 0 bridgehead atoms. The van der Waals surface area contributed by atoms with Gasteiger partial charge in [-0.05, 0) is 31.9 Å². The van der Waals surface area contributed by atoms with Crippen molar-refractivity contribution in [3.8, 4) is 0 Å². The molecule has 1 aliphatic carbocycles. The van der Waals surface area contributed by atoms with Gasteiger partial charge in [0, 0.05) is 18.9 Å². The summed E-state index contributed by atoms with van der Waals surface area (Å²) in [5.41, 5.74) is 0. The van der Waals surface area contributed by atoms with Crippen LogP contribution in [0, 0.1) is 5.92 Å². The molecular formula is C12H18N4O2. The van der Waals surface area contributed by atoms with Gasteiger partial charge in [-0.1, -0.05) is 0 Å². The fourth-order valence-corrected chi connectivity index (χ4v) is 2.13. The van der Waals surface area contributed by atoms with Crippen molar-refractivity contribution in [2.45, 2.75) is 18.9 Å². The lowest BCUT2D eigenvalue weighted by molar-refractivity contribution is -0.117. The molecule has 0 radical (unpaired) electrons. The molecule has 1 aromatic rings. The van der Waals surface area contributed by atoms with E-state index in [2.05, 4.69) is 15.3 Å². The van der Waals surface area contributed by atoms with Gasteiger partial charge in [-0.2, -0.15) is 0 Å². The van der Waals surface area contributed by atoms with E-state index in [1.54, 1.807) is 18.5 Å². The number of nitrogens with one attached hydrogen (secondary N) is 1. The summed E-state index contributed by atoms with van der Waals surface area (Å²) < 4.78 is 0. The first kappa shape index (κ1) is 12.9. The first-order valence-electron chi connectivity index (χ1n) is 6.07. The Morgan fingerprint density at radius 3 is 2.78 bits per heavy atom. The average Bonchev–Trinajstić information content (AvgIpc) is 2.28. The standard InChI is InChI=1S/C12H18N4O2/c1-16(7-9-5-10(17)6-9)8-11(18)15-12-13-3-2-4-14-12/h2-4,9-10,17H,5-8H2,1H3,(H,13,14,15,18). The molecule has 6 heteroatoms. The first-order chi connectivity index (χ1) is 8.63. The molecule has 2 rings (SSSR count). The van der Waals surface area contributed by atoms with Crippen LogP contribution in [0.15, 0.2) is 18.5 Å². The maximum absolute atomic E-state index is 11.7. The van der Waals surface area contributed by atoms with E-state index < -0.39 is 0 Å². The van der Waals surface area contributed by atoms with Crippen LogP contribution in [0.3, 0.4) is 0 Å². The monoisotopic (exact) mass is 250 g/mol. The Morgan fingerprint density at radius 2 is 2.17 bits per heavy atom. The molecule has 1 fully saturated rings. The number of hydrogen-bond acceptors (Lipinski definition) is 5. The van der Waals surface area contributed by atoms with E-state index in [0.29, 0.717) is 18.4 Å². The predicted octanol–water partition coefficient (Wildman–Crippen LogP) is 0.118. The maximum atomic E-state index is 11.7. The van der Waals surface area contributed by atoms with Gasteiger partial charge in [0.2, 0.25) is 11.9 Å². The number of aromatic nitrogens is 2. The van der Waals surface area contributed by atoms with Crippen molar-refractivity contribution in [2.75, 3.05) is 25.5 Å². The smallest absolute Gasteiger partial charge is 0.240 e. The number of carbonyl (C=O) groups excluding carboxylic acids is 1. The lowest BCUT2D eigenvalue weighted by Gasteiger charge is -2.34. The quantitative estimate of drug-likeness (QED) is 0.776. The molecule has 1 aliphatic rings. The van der Waals surface area contributed by atoms with Gasteiger partial charge in [0.1, 0.15) is 0 Å². The normalized spacial score (nSPS) is 22.6. The summed E-state index contributed by atoms with van der Waals surface area (Å²) in [4.78, 5) is 21.5. The van der Waals surface area contributed by atoms with Crippen LogP contribution in [0.25, 0.3) is 0 Å². The van der Waals surface area contributed by atoms with E-state index in [1.807, 2.05) is 11.9 Å². The van der Waals surface area contributed by atoms with Gasteiger partial charge in [0.25, 0.3) is 0 Å². The molecule has 1 saturated carbocycles. The Bertz CT molecular complexity index is 392. The Hall–Kier alpha value is -1.53. The molecule has 98 valence electrons. The minimum absolute atomic E-state index is 0.122. The summed E-state index contributed by atoms with van der Waals surface area (Å²) in [6, 6.07) is 1.70. The van der Waals surface area contributed by atoms with Gasteiger partial charge in [0.15, 0.2) is 0 Å². The van der Waals surface area contributed by atoms with Crippen LogP contribution >= 0.6 is 0 Å². The van der Waals surface area contributed by atoms with Crippen molar-refractivity contribution < 1.29 is 9.90 Å². The number of amides is 1. The number of hydrogen-bond donors (Lipinski definition) is 2. The van der Waals surface area contributed by atoms with Crippen molar-refractivity contribution in [2.24, 2.45) is 5.92 Å². The maximum Gasteiger partial charge on any atom is 0.240 e. The largest absolute Gasteiger partial charge is 0.393 e. The fraction of sp³-hybridized carbons (Fsp3) is 0.583. The van der Waals surface area contributed by atoms with Crippen LogP contribution in [-0.4, -0.2) is 52.1 Å². The van der Waals surface area contributed by atoms with Crippen molar-refractivity contribution in [1.29, 1.82) is 0 Å². The van der Waals surface area contributed by atoms with Crippen LogP contribution in [0.1, 0.15) is 12.8 Å². The zero-order valence-electron chi connectivity index (χ0n) is 10.4. The topological polar surface area (TPSA) is 78.4 Å². The summed E-state index contributed by atoms with van der Waals surface area (Å²) >= 11 is 0. The van der Waals surface area contributed by atoms with Gasteiger partial charge in [0.05, 0.1) is 12.6 Å². The molecule has 18 heavy (non-hydrogen) atoms. The zero-order valence-corrected chi connectivity index (χ0v) is 10.4. The fourth-order valence-electron chi connectivity index (χ4n) is 2.13. The Labute approximate surface area is 106 Å². The van der Waals surface area contributed by atoms with Gasteiger partial charge < -0.3 is 5.11 Å². The number of likely N-dealkylation sites (N-methyl/N-ethyl adjacent to an activating group) is 1. The highest BCUT2D eigenvalue weighted by atomic mass is 16.3. The molecule has 0 aromatic carbocycles. The molecule has 0 saturated heterocycles. The van der Waals surface area contributed by atoms with E-state index in [-0.39, 0.29) is 12.0 Å². The highest BCUT2D eigenvalue weighted by Crippen LogP contribution is 2.27. The first-order valence-corrected chi connectivity index (χ1v) is 6.07. The molecule has 6 nitrogen and oxygen atoms in total. The number of carbonyl (C=O) groups is 1. The van der Waals surface area contributed by atoms with Crippen LogP contribution in [0.4, 0.5) is 5.95 Å². The Kier molecular flexibility index (Phi) is 4.22. The average molecular weight is 250 g/mol. The minimum Gasteiger partial charge on any atom is -0.393 e. The predicted molar refractivity (Wildman–Crippen MR) is 66.9 cm³/mol. The molecule has 2 N–H and O–H groups in total. The van der Waals surface area contributed by atoms with E-state index in [1.165, 1.54) is 0 Å². The Balaban J connectivity index is 1.70. The summed E-state index contributed by atoms with van der Waals surface area (Å²) in [6.07, 6.45) is 4.71. The van der Waals surface area contributed by atoms with Gasteiger partial charge in [-0.25, -0.2) is 9.97 Å². The molecule has 1 amide bonds. The minimum atomic E-state index is -0.144. The number of anilines is 1. The third-order valence-corrected chi connectivity index (χ3v) is 3.01. The van der Waals surface area contributed by atoms with Crippen molar-refractivity contribution >= 4 is 11.9 Å². The van der Waals surface area contributed by atoms with Crippen molar-refractivity contribution in [3.63, 3.8) is 0 Å². The number of aliphatic hydroxyl groups is 1. The van der Waals surface area contributed by atoms with Crippen LogP contribution < -0.4 is 5.32 Å². The molecule has 1 aromatic heterocycles. The second-order valence-corrected chi connectivity index (χ2v) is 4.81. The van der Waals surface area contributed by atoms with Crippen LogP contribution in [0.5, 0.6) is 0 Å². The molecule has 0 aliphatic heterocycles. The Morgan fingerprint density at radius 1 is 1.50 bits per heavy atom. The third kappa shape index (κ3) is 3.75. The molecular weight excluding hydrogens is 232 g/mol. The van der Waals surface area contributed by atoms with Gasteiger partial charge >= 0.3 is 0 Å². The highest BCUT2D eigenvalue weighted by Gasteiger charge is 2.28. The SMILES string of the molecule is CN(CC(=O)Nc1ncccn1)CC1CC(O)C1. The van der Waals surface area contributed by atoms with Crippen LogP contribution in [0.2, 0.25) is 0 Å². The van der Waals surface area contributed by atoms with Crippen LogP contribution in [-0.2, 0) is 4.79 Å². The second-order valence-electron chi connectivity index (χ2n) is 4.81.